The monoisotopic (exact) mass is 443 g/mol. The maximum atomic E-state index is 13.2. The average molecular weight is 444 g/mol. The molecule has 0 aromatic heterocycles. The zero-order chi connectivity index (χ0) is 22.2. The third-order valence-electron chi connectivity index (χ3n) is 6.31. The van der Waals surface area contributed by atoms with E-state index in [0.29, 0.717) is 29.9 Å². The molecule has 2 heterocycles. The molecule has 1 saturated heterocycles. The van der Waals surface area contributed by atoms with Gasteiger partial charge in [0.2, 0.25) is 0 Å². The number of fused-ring (bicyclic) bond motifs is 2. The van der Waals surface area contributed by atoms with Crippen molar-refractivity contribution in [2.75, 3.05) is 36.4 Å². The number of carbonyl (C=O) groups is 2. The summed E-state index contributed by atoms with van der Waals surface area (Å²) in [5, 5.41) is 2.98. The SMILES string of the molecule is Cc1cccc(N2CCN(C(=O)c3ccc4c(c3)NC(=O)c3ccccc3S4)CC2)c1C. The Morgan fingerprint density at radius 1 is 0.906 bits per heavy atom. The lowest BCUT2D eigenvalue weighted by Crippen LogP contribution is -2.49. The molecule has 0 unspecified atom stereocenters. The highest BCUT2D eigenvalue weighted by atomic mass is 32.2. The summed E-state index contributed by atoms with van der Waals surface area (Å²) in [6.45, 7) is 7.26. The van der Waals surface area contributed by atoms with Crippen molar-refractivity contribution in [2.45, 2.75) is 23.6 Å². The smallest absolute Gasteiger partial charge is 0.256 e. The van der Waals surface area contributed by atoms with Gasteiger partial charge in [-0.2, -0.15) is 0 Å². The van der Waals surface area contributed by atoms with Crippen LogP contribution in [0.25, 0.3) is 0 Å². The predicted octanol–water partition coefficient (Wildman–Crippen LogP) is 4.98. The number of carbonyl (C=O) groups excluding carboxylic acids is 2. The molecule has 6 heteroatoms. The van der Waals surface area contributed by atoms with Crippen LogP contribution < -0.4 is 10.2 Å². The molecule has 5 nitrogen and oxygen atoms in total. The highest BCUT2D eigenvalue weighted by Crippen LogP contribution is 2.39. The van der Waals surface area contributed by atoms with Crippen molar-refractivity contribution in [2.24, 2.45) is 0 Å². The summed E-state index contributed by atoms with van der Waals surface area (Å²) in [6.07, 6.45) is 0. The Morgan fingerprint density at radius 2 is 1.69 bits per heavy atom. The lowest BCUT2D eigenvalue weighted by Gasteiger charge is -2.37. The molecule has 2 aliphatic heterocycles. The molecule has 1 fully saturated rings. The molecule has 0 aliphatic carbocycles. The Morgan fingerprint density at radius 3 is 2.50 bits per heavy atom. The van der Waals surface area contributed by atoms with Crippen LogP contribution >= 0.6 is 11.8 Å². The van der Waals surface area contributed by atoms with Gasteiger partial charge in [-0.1, -0.05) is 36.0 Å². The van der Waals surface area contributed by atoms with Gasteiger partial charge in [0.05, 0.1) is 11.3 Å². The minimum Gasteiger partial charge on any atom is -0.368 e. The van der Waals surface area contributed by atoms with Crippen LogP contribution in [0.4, 0.5) is 11.4 Å². The van der Waals surface area contributed by atoms with Gasteiger partial charge in [0.1, 0.15) is 0 Å². The molecule has 0 atom stereocenters. The van der Waals surface area contributed by atoms with Crippen LogP contribution in [0.15, 0.2) is 70.5 Å². The van der Waals surface area contributed by atoms with Crippen LogP contribution in [-0.4, -0.2) is 42.9 Å². The van der Waals surface area contributed by atoms with Gasteiger partial charge in [0, 0.05) is 47.2 Å². The summed E-state index contributed by atoms with van der Waals surface area (Å²) in [4.78, 5) is 32.0. The molecule has 162 valence electrons. The van der Waals surface area contributed by atoms with Crippen molar-refractivity contribution >= 4 is 35.0 Å². The van der Waals surface area contributed by atoms with Crippen LogP contribution in [0, 0.1) is 13.8 Å². The second kappa shape index (κ2) is 8.36. The zero-order valence-electron chi connectivity index (χ0n) is 18.2. The van der Waals surface area contributed by atoms with E-state index in [4.69, 9.17) is 0 Å². The highest BCUT2D eigenvalue weighted by molar-refractivity contribution is 7.99. The number of aryl methyl sites for hydroxylation is 1. The van der Waals surface area contributed by atoms with E-state index >= 15 is 0 Å². The topological polar surface area (TPSA) is 52.6 Å². The number of piperazine rings is 1. The molecular formula is C26H25N3O2S. The Balaban J connectivity index is 1.32. The van der Waals surface area contributed by atoms with E-state index in [-0.39, 0.29) is 11.8 Å². The summed E-state index contributed by atoms with van der Waals surface area (Å²) in [6, 6.07) is 19.6. The van der Waals surface area contributed by atoms with Crippen molar-refractivity contribution in [1.29, 1.82) is 0 Å². The normalized spacial score (nSPS) is 15.5. The first-order valence-electron chi connectivity index (χ1n) is 10.8. The van der Waals surface area contributed by atoms with Gasteiger partial charge in [-0.3, -0.25) is 9.59 Å². The van der Waals surface area contributed by atoms with Gasteiger partial charge >= 0.3 is 0 Å². The van der Waals surface area contributed by atoms with E-state index in [9.17, 15) is 9.59 Å². The van der Waals surface area contributed by atoms with E-state index in [1.807, 2.05) is 47.4 Å². The lowest BCUT2D eigenvalue weighted by atomic mass is 10.1. The predicted molar refractivity (Wildman–Crippen MR) is 129 cm³/mol. The summed E-state index contributed by atoms with van der Waals surface area (Å²) >= 11 is 1.55. The highest BCUT2D eigenvalue weighted by Gasteiger charge is 2.25. The van der Waals surface area contributed by atoms with Gasteiger partial charge in [0.25, 0.3) is 11.8 Å². The number of amides is 2. The fourth-order valence-electron chi connectivity index (χ4n) is 4.31. The lowest BCUT2D eigenvalue weighted by molar-refractivity contribution is 0.0746. The van der Waals surface area contributed by atoms with Crippen LogP contribution in [0.1, 0.15) is 31.8 Å². The first-order chi connectivity index (χ1) is 15.5. The van der Waals surface area contributed by atoms with Gasteiger partial charge in [-0.15, -0.1) is 0 Å². The van der Waals surface area contributed by atoms with Crippen LogP contribution in [-0.2, 0) is 0 Å². The van der Waals surface area contributed by atoms with Gasteiger partial charge in [0.15, 0.2) is 0 Å². The summed E-state index contributed by atoms with van der Waals surface area (Å²) in [5.41, 5.74) is 5.79. The van der Waals surface area contributed by atoms with Crippen LogP contribution in [0.5, 0.6) is 0 Å². The number of hydrogen-bond acceptors (Lipinski definition) is 4. The second-order valence-electron chi connectivity index (χ2n) is 8.26. The number of anilines is 2. The average Bonchev–Trinajstić information content (AvgIpc) is 2.96. The van der Waals surface area contributed by atoms with E-state index in [0.717, 1.165) is 22.9 Å². The summed E-state index contributed by atoms with van der Waals surface area (Å²) in [7, 11) is 0. The molecule has 0 saturated carbocycles. The van der Waals surface area contributed by atoms with Crippen molar-refractivity contribution in [3.05, 3.63) is 82.9 Å². The van der Waals surface area contributed by atoms with E-state index < -0.39 is 0 Å². The standard InChI is InChI=1S/C26H25N3O2S/c1-17-6-5-8-22(18(17)2)28-12-14-29(15-13-28)26(31)19-10-11-24-21(16-19)27-25(30)20-7-3-4-9-23(20)32-24/h3-11,16H,12-15H2,1-2H3,(H,27,30). The van der Waals surface area contributed by atoms with Crippen molar-refractivity contribution in [1.82, 2.24) is 4.90 Å². The largest absolute Gasteiger partial charge is 0.368 e. The molecule has 0 bridgehead atoms. The van der Waals surface area contributed by atoms with Crippen molar-refractivity contribution < 1.29 is 9.59 Å². The summed E-state index contributed by atoms with van der Waals surface area (Å²) < 4.78 is 0. The second-order valence-corrected chi connectivity index (χ2v) is 9.35. The summed E-state index contributed by atoms with van der Waals surface area (Å²) in [5.74, 6) is -0.131. The number of hydrogen-bond donors (Lipinski definition) is 1. The third kappa shape index (κ3) is 3.75. The molecule has 32 heavy (non-hydrogen) atoms. The number of nitrogens with one attached hydrogen (secondary N) is 1. The van der Waals surface area contributed by atoms with Crippen molar-refractivity contribution in [3.63, 3.8) is 0 Å². The minimum atomic E-state index is -0.140. The first kappa shape index (κ1) is 20.6. The molecule has 2 amide bonds. The number of rotatable bonds is 2. The third-order valence-corrected chi connectivity index (χ3v) is 7.46. The van der Waals surface area contributed by atoms with Crippen molar-refractivity contribution in [3.8, 4) is 0 Å². The molecule has 0 spiro atoms. The molecular weight excluding hydrogens is 418 g/mol. The Hall–Kier alpha value is -3.25. The number of nitrogens with zero attached hydrogens (tertiary/aromatic N) is 2. The van der Waals surface area contributed by atoms with Crippen LogP contribution in [0.2, 0.25) is 0 Å². The Labute approximate surface area is 192 Å². The Kier molecular flexibility index (Phi) is 5.39. The number of benzene rings is 3. The van der Waals surface area contributed by atoms with E-state index in [2.05, 4.69) is 42.3 Å². The molecule has 1 N–H and O–H groups in total. The Bertz CT molecular complexity index is 1220. The van der Waals surface area contributed by atoms with E-state index in [1.54, 1.807) is 11.8 Å². The maximum absolute atomic E-state index is 13.2. The van der Waals surface area contributed by atoms with Gasteiger partial charge in [-0.25, -0.2) is 0 Å². The molecule has 2 aliphatic rings. The minimum absolute atomic E-state index is 0.00873. The molecule has 3 aromatic carbocycles. The van der Waals surface area contributed by atoms with Crippen LogP contribution in [0.3, 0.4) is 0 Å². The molecule has 3 aromatic rings. The van der Waals surface area contributed by atoms with E-state index in [1.165, 1.54) is 16.8 Å². The van der Waals surface area contributed by atoms with Gasteiger partial charge < -0.3 is 15.1 Å². The molecule has 5 rings (SSSR count). The van der Waals surface area contributed by atoms with Gasteiger partial charge in [-0.05, 0) is 61.4 Å². The fourth-order valence-corrected chi connectivity index (χ4v) is 5.32. The zero-order valence-corrected chi connectivity index (χ0v) is 19.0. The quantitative estimate of drug-likeness (QED) is 0.607. The first-order valence-corrected chi connectivity index (χ1v) is 11.7. The fraction of sp³-hybridized carbons (Fsp3) is 0.231. The molecule has 0 radical (unpaired) electrons. The maximum Gasteiger partial charge on any atom is 0.256 e.